The number of hydrogen-bond acceptors (Lipinski definition) is 5. The van der Waals surface area contributed by atoms with Gasteiger partial charge in [0.15, 0.2) is 0 Å². The van der Waals surface area contributed by atoms with Crippen molar-refractivity contribution in [3.63, 3.8) is 0 Å². The molecule has 0 aromatic carbocycles. The molecule has 5 heteroatoms. The van der Waals surface area contributed by atoms with Crippen molar-refractivity contribution in [2.45, 2.75) is 25.7 Å². The van der Waals surface area contributed by atoms with Gasteiger partial charge in [0.25, 0.3) is 0 Å². The van der Waals surface area contributed by atoms with Crippen molar-refractivity contribution < 1.29 is 4.74 Å². The lowest BCUT2D eigenvalue weighted by Crippen LogP contribution is -2.04. The zero-order valence-electron chi connectivity index (χ0n) is 10.6. The quantitative estimate of drug-likeness (QED) is 0.688. The van der Waals surface area contributed by atoms with Crippen molar-refractivity contribution in [2.75, 3.05) is 31.0 Å². The summed E-state index contributed by atoms with van der Waals surface area (Å²) in [6, 6.07) is 1.81. The van der Waals surface area contributed by atoms with Crippen molar-refractivity contribution in [3.05, 3.63) is 12.4 Å². The molecule has 4 nitrogen and oxygen atoms in total. The number of ether oxygens (including phenoxy) is 1. The maximum atomic E-state index is 5.03. The third kappa shape index (κ3) is 6.36. The molecule has 0 fully saturated rings. The molecule has 0 saturated carbocycles. The Morgan fingerprint density at radius 2 is 2.06 bits per heavy atom. The van der Waals surface area contributed by atoms with Crippen LogP contribution >= 0.6 is 11.8 Å². The van der Waals surface area contributed by atoms with E-state index in [2.05, 4.69) is 21.5 Å². The summed E-state index contributed by atoms with van der Waals surface area (Å²) in [6.45, 7) is 0.958. The first-order valence-electron chi connectivity index (χ1n) is 5.95. The Bertz CT molecular complexity index is 310. The van der Waals surface area contributed by atoms with Crippen molar-refractivity contribution >= 4 is 17.6 Å². The molecule has 0 unspecified atom stereocenters. The second-order valence-electron chi connectivity index (χ2n) is 3.78. The van der Waals surface area contributed by atoms with Gasteiger partial charge in [0, 0.05) is 12.6 Å². The Labute approximate surface area is 108 Å². The molecule has 17 heavy (non-hydrogen) atoms. The molecule has 96 valence electrons. The number of nitrogens with one attached hydrogen (secondary N) is 1. The second-order valence-corrected chi connectivity index (χ2v) is 4.76. The van der Waals surface area contributed by atoms with Crippen LogP contribution in [0.3, 0.4) is 0 Å². The van der Waals surface area contributed by atoms with Gasteiger partial charge in [-0.2, -0.15) is 11.8 Å². The smallest absolute Gasteiger partial charge is 0.218 e. The maximum Gasteiger partial charge on any atom is 0.218 e. The van der Waals surface area contributed by atoms with Gasteiger partial charge in [0.2, 0.25) is 5.88 Å². The first kappa shape index (κ1) is 14.1. The van der Waals surface area contributed by atoms with Gasteiger partial charge in [-0.3, -0.25) is 0 Å². The standard InChI is InChI=1S/C12H21N3OS/c1-16-12-9-11(14-10-15-12)13-7-5-3-4-6-8-17-2/h9-10H,3-8H2,1-2H3,(H,13,14,15). The summed E-state index contributed by atoms with van der Waals surface area (Å²) in [6.07, 6.45) is 8.76. The highest BCUT2D eigenvalue weighted by atomic mass is 32.2. The van der Waals surface area contributed by atoms with Crippen LogP contribution in [0.5, 0.6) is 5.88 Å². The lowest BCUT2D eigenvalue weighted by atomic mass is 10.2. The third-order valence-corrected chi connectivity index (χ3v) is 3.13. The van der Waals surface area contributed by atoms with Crippen molar-refractivity contribution in [1.82, 2.24) is 9.97 Å². The third-order valence-electron chi connectivity index (χ3n) is 2.43. The van der Waals surface area contributed by atoms with E-state index in [1.807, 2.05) is 17.8 Å². The molecular formula is C12H21N3OS. The molecule has 0 aliphatic carbocycles. The van der Waals surface area contributed by atoms with Crippen LogP contribution in [-0.2, 0) is 0 Å². The minimum absolute atomic E-state index is 0.600. The molecule has 0 saturated heterocycles. The van der Waals surface area contributed by atoms with Crippen LogP contribution in [0.15, 0.2) is 12.4 Å². The minimum Gasteiger partial charge on any atom is -0.481 e. The molecule has 0 radical (unpaired) electrons. The molecule has 1 heterocycles. The van der Waals surface area contributed by atoms with Crippen molar-refractivity contribution in [2.24, 2.45) is 0 Å². The van der Waals surface area contributed by atoms with E-state index in [-0.39, 0.29) is 0 Å². The van der Waals surface area contributed by atoms with Crippen LogP contribution in [0.1, 0.15) is 25.7 Å². The lowest BCUT2D eigenvalue weighted by Gasteiger charge is -2.06. The molecule has 1 aromatic rings. The highest BCUT2D eigenvalue weighted by Crippen LogP contribution is 2.10. The van der Waals surface area contributed by atoms with Gasteiger partial charge in [-0.15, -0.1) is 0 Å². The Morgan fingerprint density at radius 1 is 1.24 bits per heavy atom. The predicted molar refractivity (Wildman–Crippen MR) is 73.9 cm³/mol. The molecule has 0 bridgehead atoms. The molecule has 0 spiro atoms. The Morgan fingerprint density at radius 3 is 2.82 bits per heavy atom. The van der Waals surface area contributed by atoms with Crippen molar-refractivity contribution in [1.29, 1.82) is 0 Å². The molecule has 1 rings (SSSR count). The molecule has 0 aliphatic heterocycles. The molecule has 0 aliphatic rings. The molecule has 0 atom stereocenters. The van der Waals surface area contributed by atoms with Gasteiger partial charge >= 0.3 is 0 Å². The van der Waals surface area contributed by atoms with Gasteiger partial charge in [-0.25, -0.2) is 9.97 Å². The van der Waals surface area contributed by atoms with E-state index in [1.165, 1.54) is 37.8 Å². The number of nitrogens with zero attached hydrogens (tertiary/aromatic N) is 2. The Balaban J connectivity index is 2.09. The topological polar surface area (TPSA) is 47.0 Å². The maximum absolute atomic E-state index is 5.03. The fourth-order valence-electron chi connectivity index (χ4n) is 1.49. The predicted octanol–water partition coefficient (Wildman–Crippen LogP) is 2.82. The van der Waals surface area contributed by atoms with E-state index in [4.69, 9.17) is 4.74 Å². The number of thioether (sulfide) groups is 1. The Hall–Kier alpha value is -0.970. The van der Waals surface area contributed by atoms with Gasteiger partial charge in [-0.1, -0.05) is 12.8 Å². The fourth-order valence-corrected chi connectivity index (χ4v) is 1.98. The summed E-state index contributed by atoms with van der Waals surface area (Å²) in [7, 11) is 1.61. The van der Waals surface area contributed by atoms with E-state index in [0.29, 0.717) is 5.88 Å². The van der Waals surface area contributed by atoms with Gasteiger partial charge in [-0.05, 0) is 24.9 Å². The summed E-state index contributed by atoms with van der Waals surface area (Å²) in [5.74, 6) is 2.71. The zero-order chi connectivity index (χ0) is 12.3. The number of methoxy groups -OCH3 is 1. The monoisotopic (exact) mass is 255 g/mol. The summed E-state index contributed by atoms with van der Waals surface area (Å²) in [5, 5.41) is 3.27. The van der Waals surface area contributed by atoms with Crippen LogP contribution in [0.25, 0.3) is 0 Å². The van der Waals surface area contributed by atoms with E-state index >= 15 is 0 Å². The van der Waals surface area contributed by atoms with E-state index in [9.17, 15) is 0 Å². The van der Waals surface area contributed by atoms with Crippen LogP contribution < -0.4 is 10.1 Å². The zero-order valence-corrected chi connectivity index (χ0v) is 11.4. The molecule has 1 aromatic heterocycles. The second kappa shape index (κ2) is 9.10. The van der Waals surface area contributed by atoms with Crippen LogP contribution in [0, 0.1) is 0 Å². The fraction of sp³-hybridized carbons (Fsp3) is 0.667. The van der Waals surface area contributed by atoms with E-state index < -0.39 is 0 Å². The normalized spacial score (nSPS) is 10.2. The minimum atomic E-state index is 0.600. The Kier molecular flexibility index (Phi) is 7.54. The molecular weight excluding hydrogens is 234 g/mol. The van der Waals surface area contributed by atoms with Crippen LogP contribution in [0.2, 0.25) is 0 Å². The highest BCUT2D eigenvalue weighted by molar-refractivity contribution is 7.98. The van der Waals surface area contributed by atoms with Crippen LogP contribution in [-0.4, -0.2) is 35.6 Å². The van der Waals surface area contributed by atoms with E-state index in [0.717, 1.165) is 12.4 Å². The highest BCUT2D eigenvalue weighted by Gasteiger charge is 1.97. The SMILES string of the molecule is COc1cc(NCCCCCCSC)ncn1. The van der Waals surface area contributed by atoms with Gasteiger partial charge in [0.05, 0.1) is 7.11 Å². The number of anilines is 1. The van der Waals surface area contributed by atoms with Gasteiger partial charge < -0.3 is 10.1 Å². The summed E-state index contributed by atoms with van der Waals surface area (Å²) < 4.78 is 5.03. The molecule has 1 N–H and O–H groups in total. The number of hydrogen-bond donors (Lipinski definition) is 1. The lowest BCUT2D eigenvalue weighted by molar-refractivity contribution is 0.397. The average molecular weight is 255 g/mol. The first-order chi connectivity index (χ1) is 8.36. The average Bonchev–Trinajstić information content (AvgIpc) is 2.38. The number of aromatic nitrogens is 2. The number of unbranched alkanes of at least 4 members (excludes halogenated alkanes) is 3. The summed E-state index contributed by atoms with van der Waals surface area (Å²) in [4.78, 5) is 8.09. The van der Waals surface area contributed by atoms with Crippen molar-refractivity contribution in [3.8, 4) is 5.88 Å². The first-order valence-corrected chi connectivity index (χ1v) is 7.35. The van der Waals surface area contributed by atoms with Crippen LogP contribution in [0.4, 0.5) is 5.82 Å². The van der Waals surface area contributed by atoms with E-state index in [1.54, 1.807) is 7.11 Å². The summed E-state index contributed by atoms with van der Waals surface area (Å²) in [5.41, 5.74) is 0. The summed E-state index contributed by atoms with van der Waals surface area (Å²) >= 11 is 1.92. The number of rotatable bonds is 9. The van der Waals surface area contributed by atoms with Gasteiger partial charge in [0.1, 0.15) is 12.1 Å². The molecule has 0 amide bonds. The largest absolute Gasteiger partial charge is 0.481 e.